The number of carboxylic acid groups (broad SMARTS) is 1. The lowest BCUT2D eigenvalue weighted by molar-refractivity contribution is -0.142. The van der Waals surface area contributed by atoms with Crippen LogP contribution in [0.1, 0.15) is 16.7 Å². The Bertz CT molecular complexity index is 1150. The lowest BCUT2D eigenvalue weighted by Gasteiger charge is -2.16. The largest absolute Gasteiger partial charge is 0.483 e. The number of rotatable bonds is 7. The average Bonchev–Trinajstić information content (AvgIpc) is 2.69. The fraction of sp³-hybridized carbons (Fsp3) is 0.227. The smallest absolute Gasteiger partial charge is 0.336 e. The molecular formula is C22H20ClNO6. The van der Waals surface area contributed by atoms with Crippen molar-refractivity contribution in [3.05, 3.63) is 74.6 Å². The molecule has 0 aliphatic heterocycles. The molecule has 0 spiro atoms. The molecule has 1 amide bonds. The van der Waals surface area contributed by atoms with Gasteiger partial charge >= 0.3 is 11.6 Å². The summed E-state index contributed by atoms with van der Waals surface area (Å²) in [5, 5.41) is 13.2. The molecule has 2 aromatic carbocycles. The van der Waals surface area contributed by atoms with Gasteiger partial charge in [-0.25, -0.2) is 9.59 Å². The molecule has 0 saturated carbocycles. The number of ether oxygens (including phenoxy) is 1. The Balaban J connectivity index is 1.68. The molecule has 0 bridgehead atoms. The SMILES string of the molecule is Cc1cc(=O)oc2c(C)c(OCC(=O)NC(Cc3ccc(Cl)cc3)C(=O)O)ccc12. The predicted octanol–water partition coefficient (Wildman–Crippen LogP) is 3.25. The van der Waals surface area contributed by atoms with Crippen LogP contribution in [0.5, 0.6) is 5.75 Å². The number of benzene rings is 2. The second-order valence-electron chi connectivity index (χ2n) is 6.89. The Hall–Kier alpha value is -3.32. The first kappa shape index (κ1) is 21.4. The number of amides is 1. The highest BCUT2D eigenvalue weighted by Gasteiger charge is 2.21. The molecule has 1 heterocycles. The summed E-state index contributed by atoms with van der Waals surface area (Å²) in [5.74, 6) is -1.37. The Kier molecular flexibility index (Phi) is 6.42. The topological polar surface area (TPSA) is 106 Å². The summed E-state index contributed by atoms with van der Waals surface area (Å²) in [7, 11) is 0. The van der Waals surface area contributed by atoms with Crippen LogP contribution in [0.2, 0.25) is 5.02 Å². The van der Waals surface area contributed by atoms with Crippen LogP contribution >= 0.6 is 11.6 Å². The molecule has 30 heavy (non-hydrogen) atoms. The summed E-state index contributed by atoms with van der Waals surface area (Å²) < 4.78 is 10.8. The Labute approximate surface area is 177 Å². The van der Waals surface area contributed by atoms with E-state index < -0.39 is 23.5 Å². The van der Waals surface area contributed by atoms with Crippen LogP contribution in [0.4, 0.5) is 0 Å². The maximum atomic E-state index is 12.3. The fourth-order valence-electron chi connectivity index (χ4n) is 3.09. The monoisotopic (exact) mass is 429 g/mol. The molecular weight excluding hydrogens is 410 g/mol. The third-order valence-electron chi connectivity index (χ3n) is 4.66. The Morgan fingerprint density at radius 1 is 1.17 bits per heavy atom. The second-order valence-corrected chi connectivity index (χ2v) is 7.33. The molecule has 2 N–H and O–H groups in total. The van der Waals surface area contributed by atoms with E-state index in [9.17, 15) is 19.5 Å². The lowest BCUT2D eigenvalue weighted by atomic mass is 10.1. The molecule has 0 radical (unpaired) electrons. The second kappa shape index (κ2) is 9.00. The van der Waals surface area contributed by atoms with Gasteiger partial charge in [0.2, 0.25) is 0 Å². The number of hydrogen-bond donors (Lipinski definition) is 2. The minimum absolute atomic E-state index is 0.109. The van der Waals surface area contributed by atoms with Crippen LogP contribution in [-0.2, 0) is 16.0 Å². The molecule has 3 aromatic rings. The minimum atomic E-state index is -1.16. The zero-order valence-electron chi connectivity index (χ0n) is 16.4. The number of fused-ring (bicyclic) bond motifs is 1. The fourth-order valence-corrected chi connectivity index (χ4v) is 3.22. The number of carbonyl (C=O) groups is 2. The van der Waals surface area contributed by atoms with E-state index >= 15 is 0 Å². The van der Waals surface area contributed by atoms with Crippen LogP contribution in [0.25, 0.3) is 11.0 Å². The Morgan fingerprint density at radius 3 is 2.53 bits per heavy atom. The third kappa shape index (κ3) is 4.99. The molecule has 7 nitrogen and oxygen atoms in total. The zero-order chi connectivity index (χ0) is 21.8. The standard InChI is InChI=1S/C22H20ClNO6/c1-12-9-20(26)30-21-13(2)18(8-7-16(12)21)29-11-19(25)24-17(22(27)28)10-14-3-5-15(23)6-4-14/h3-9,17H,10-11H2,1-2H3,(H,24,25)(H,27,28). The van der Waals surface area contributed by atoms with Crippen molar-refractivity contribution in [2.45, 2.75) is 26.3 Å². The summed E-state index contributed by atoms with van der Waals surface area (Å²) in [4.78, 5) is 35.4. The molecule has 1 atom stereocenters. The van der Waals surface area contributed by atoms with E-state index in [4.69, 9.17) is 20.8 Å². The number of carboxylic acids is 1. The van der Waals surface area contributed by atoms with Gasteiger partial charge in [-0.1, -0.05) is 23.7 Å². The summed E-state index contributed by atoms with van der Waals surface area (Å²) in [6.07, 6.45) is 0.109. The molecule has 1 unspecified atom stereocenters. The number of hydrogen-bond acceptors (Lipinski definition) is 5. The van der Waals surface area contributed by atoms with E-state index in [1.807, 2.05) is 0 Å². The van der Waals surface area contributed by atoms with Gasteiger partial charge in [-0.05, 0) is 49.2 Å². The van der Waals surface area contributed by atoms with Crippen molar-refractivity contribution in [3.63, 3.8) is 0 Å². The van der Waals surface area contributed by atoms with Gasteiger partial charge in [0.05, 0.1) is 0 Å². The normalized spacial score (nSPS) is 11.8. The summed E-state index contributed by atoms with van der Waals surface area (Å²) in [6, 6.07) is 10.4. The van der Waals surface area contributed by atoms with E-state index in [0.717, 1.165) is 16.5 Å². The van der Waals surface area contributed by atoms with Gasteiger partial charge in [-0.2, -0.15) is 0 Å². The zero-order valence-corrected chi connectivity index (χ0v) is 17.2. The van der Waals surface area contributed by atoms with Crippen molar-refractivity contribution < 1.29 is 23.8 Å². The van der Waals surface area contributed by atoms with Crippen LogP contribution in [0.15, 0.2) is 51.7 Å². The van der Waals surface area contributed by atoms with Crippen molar-refractivity contribution in [1.82, 2.24) is 5.32 Å². The maximum absolute atomic E-state index is 12.3. The maximum Gasteiger partial charge on any atom is 0.336 e. The van der Waals surface area contributed by atoms with E-state index in [1.165, 1.54) is 6.07 Å². The lowest BCUT2D eigenvalue weighted by Crippen LogP contribution is -2.44. The van der Waals surface area contributed by atoms with Gasteiger partial charge in [0.25, 0.3) is 5.91 Å². The number of halogens is 1. The predicted molar refractivity (Wildman–Crippen MR) is 112 cm³/mol. The Morgan fingerprint density at radius 2 is 1.87 bits per heavy atom. The number of carbonyl (C=O) groups excluding carboxylic acids is 1. The van der Waals surface area contributed by atoms with Gasteiger partial charge in [-0.3, -0.25) is 4.79 Å². The first-order valence-electron chi connectivity index (χ1n) is 9.18. The summed E-state index contributed by atoms with van der Waals surface area (Å²) in [6.45, 7) is 3.14. The van der Waals surface area contributed by atoms with E-state index in [1.54, 1.807) is 50.2 Å². The van der Waals surface area contributed by atoms with E-state index in [-0.39, 0.29) is 13.0 Å². The first-order chi connectivity index (χ1) is 14.2. The highest BCUT2D eigenvalue weighted by atomic mass is 35.5. The van der Waals surface area contributed by atoms with Crippen LogP contribution in [0, 0.1) is 13.8 Å². The average molecular weight is 430 g/mol. The molecule has 1 aromatic heterocycles. The molecule has 0 aliphatic carbocycles. The molecule has 0 aliphatic rings. The van der Waals surface area contributed by atoms with Crippen LogP contribution in [0.3, 0.4) is 0 Å². The van der Waals surface area contributed by atoms with Gasteiger partial charge in [-0.15, -0.1) is 0 Å². The van der Waals surface area contributed by atoms with Gasteiger partial charge in [0.1, 0.15) is 17.4 Å². The summed E-state index contributed by atoms with van der Waals surface area (Å²) in [5.41, 5.74) is 2.01. The van der Waals surface area contributed by atoms with Crippen molar-refractivity contribution >= 4 is 34.4 Å². The first-order valence-corrected chi connectivity index (χ1v) is 9.56. The van der Waals surface area contributed by atoms with Crippen LogP contribution < -0.4 is 15.7 Å². The van der Waals surface area contributed by atoms with Crippen molar-refractivity contribution in [2.24, 2.45) is 0 Å². The minimum Gasteiger partial charge on any atom is -0.483 e. The van der Waals surface area contributed by atoms with Gasteiger partial charge in [0.15, 0.2) is 6.61 Å². The highest BCUT2D eigenvalue weighted by molar-refractivity contribution is 6.30. The number of aryl methyl sites for hydroxylation is 2. The van der Waals surface area contributed by atoms with E-state index in [0.29, 0.717) is 21.9 Å². The van der Waals surface area contributed by atoms with Crippen LogP contribution in [-0.4, -0.2) is 29.6 Å². The van der Waals surface area contributed by atoms with Crippen molar-refractivity contribution in [1.29, 1.82) is 0 Å². The highest BCUT2D eigenvalue weighted by Crippen LogP contribution is 2.28. The number of aliphatic carboxylic acids is 1. The molecule has 8 heteroatoms. The number of nitrogens with one attached hydrogen (secondary N) is 1. The molecule has 0 fully saturated rings. The van der Waals surface area contributed by atoms with Gasteiger partial charge in [0, 0.05) is 28.5 Å². The van der Waals surface area contributed by atoms with E-state index in [2.05, 4.69) is 5.32 Å². The van der Waals surface area contributed by atoms with Crippen molar-refractivity contribution in [2.75, 3.05) is 6.61 Å². The quantitative estimate of drug-likeness (QED) is 0.558. The van der Waals surface area contributed by atoms with Crippen molar-refractivity contribution in [3.8, 4) is 5.75 Å². The molecule has 0 saturated heterocycles. The summed E-state index contributed by atoms with van der Waals surface area (Å²) >= 11 is 5.83. The third-order valence-corrected chi connectivity index (χ3v) is 4.92. The van der Waals surface area contributed by atoms with Gasteiger partial charge < -0.3 is 19.6 Å². The molecule has 3 rings (SSSR count). The molecule has 156 valence electrons.